The molecule has 0 aliphatic carbocycles. The Balaban J connectivity index is 1.26. The van der Waals surface area contributed by atoms with Gasteiger partial charge in [-0.1, -0.05) is 0 Å². The number of carboxylic acids is 3. The molecule has 0 radical (unpaired) electrons. The maximum atomic E-state index is 13.5. The predicted octanol–water partition coefficient (Wildman–Crippen LogP) is -20.3. The molecule has 7 aliphatic rings. The molecule has 0 aromatic rings. The fraction of sp³-hybridized carbons (Fsp3) is 0.870. The average molecular weight is 1830 g/mol. The number of aliphatic hydroxyl groups is 24. The molecule has 33 N–H and O–H groups in total. The highest BCUT2D eigenvalue weighted by molar-refractivity contribution is 5.79. The summed E-state index contributed by atoms with van der Waals surface area (Å²) in [5, 5.41) is 313. The van der Waals surface area contributed by atoms with E-state index in [1.165, 1.54) is 0 Å². The van der Waals surface area contributed by atoms with E-state index in [9.17, 15) is 181 Å². The Morgan fingerprint density at radius 3 is 1.10 bits per heavy atom. The second-order valence-corrected chi connectivity index (χ2v) is 30.9. The summed E-state index contributed by atoms with van der Waals surface area (Å²) in [6.45, 7) is -6.55. The normalized spacial score (nSPS) is 40.0. The third-order valence-electron chi connectivity index (χ3n) is 21.6. The molecular weight excluding hydrogens is 1710 g/mol. The molecule has 6 amide bonds. The van der Waals surface area contributed by atoms with Gasteiger partial charge in [0.2, 0.25) is 35.4 Å². The summed E-state index contributed by atoms with van der Waals surface area (Å²) in [5.41, 5.74) is 0. The highest BCUT2D eigenvalue weighted by atomic mass is 16.8. The van der Waals surface area contributed by atoms with Crippen LogP contribution in [0.15, 0.2) is 0 Å². The summed E-state index contributed by atoms with van der Waals surface area (Å²) in [5.74, 6) is -22.0. The van der Waals surface area contributed by atoms with Crippen molar-refractivity contribution in [2.24, 2.45) is 0 Å². The van der Waals surface area contributed by atoms with Crippen molar-refractivity contribution in [2.75, 3.05) is 59.5 Å². The van der Waals surface area contributed by atoms with Crippen LogP contribution in [0.4, 0.5) is 0 Å². The summed E-state index contributed by atoms with van der Waals surface area (Å²) < 4.78 is 82.0. The summed E-state index contributed by atoms with van der Waals surface area (Å²) in [4.78, 5) is 116. The summed E-state index contributed by atoms with van der Waals surface area (Å²) in [7, 11) is 0. The van der Waals surface area contributed by atoms with Crippen LogP contribution in [0.25, 0.3) is 0 Å². The first-order valence-corrected chi connectivity index (χ1v) is 38.9. The van der Waals surface area contributed by atoms with E-state index in [4.69, 9.17) is 66.3 Å². The van der Waals surface area contributed by atoms with E-state index in [-0.39, 0.29) is 0 Å². The van der Waals surface area contributed by atoms with Gasteiger partial charge in [0.05, 0.1) is 102 Å². The van der Waals surface area contributed by atoms with Crippen molar-refractivity contribution >= 4 is 53.4 Å². The fourth-order valence-corrected chi connectivity index (χ4v) is 15.3. The number of hydrogen-bond donors (Lipinski definition) is 33. The molecule has 0 aromatic carbocycles. The molecule has 42 atom stereocenters. The minimum Gasteiger partial charge on any atom is -0.477 e. The molecule has 0 spiro atoms. The standard InChI is InChI=1S/C69H114N6O50/c1-19(82)70-25(10-76)53(45(98)32(94)16-112-67(64(106)107)7-26(88)37(71-20(2)83)56(123-67)42(95)29(91)11-77)119-60-40(74-23(5)86)49(102)54(34(15-81)116-60)120-63-52(105)59(48(101)36(118-63)18-114-69(66(110)111)9-28(90)39(73-22(4)85)58(125-69)44(97)31(93)13-79)122-61-41(75-24(6)87)55(47(100)33(14-80)115-61)121-62-51(104)50(103)46(99)35(117-62)17-113-68(65(108)109)8-27(89)38(72-21(3)84)57(124-68)43(96)30(92)12-78/h25-63,76-81,88-105H,7-18H2,1-6H3,(H,70,82)(H,71,83)(H,72,84)(H,73,85)(H,74,86)(H,75,87)(H,106,107)(H,108,109)(H,110,111)/t25-,26-,27-,28-,29+,30+,31+,32+,33+,34+,35+,36+,37+,38+,39+,40+,41+,42+,43+,44+,45-,46-,47+,48-,49+,50-,51+,52+,53+,54+,55+,56+,57+,58+,59-,60-,61-,62-,63-,67+,68+,69+/m0/s1. The van der Waals surface area contributed by atoms with Gasteiger partial charge >= 0.3 is 17.9 Å². The minimum absolute atomic E-state index is 0.817. The fourth-order valence-electron chi connectivity index (χ4n) is 15.3. The van der Waals surface area contributed by atoms with E-state index >= 15 is 0 Å². The lowest BCUT2D eigenvalue weighted by Crippen LogP contribution is -2.71. The quantitative estimate of drug-likeness (QED) is 0.0270. The minimum atomic E-state index is -3.33. The molecule has 0 saturated carbocycles. The van der Waals surface area contributed by atoms with Crippen molar-refractivity contribution in [3.05, 3.63) is 0 Å². The lowest BCUT2D eigenvalue weighted by Gasteiger charge is -2.51. The molecule has 56 heteroatoms. The van der Waals surface area contributed by atoms with E-state index in [1.54, 1.807) is 0 Å². The van der Waals surface area contributed by atoms with Gasteiger partial charge < -0.3 is 236 Å². The van der Waals surface area contributed by atoms with Crippen LogP contribution in [0.2, 0.25) is 0 Å². The number of rotatable bonds is 41. The first-order valence-electron chi connectivity index (χ1n) is 38.9. The second-order valence-electron chi connectivity index (χ2n) is 30.9. The Kier molecular flexibility index (Phi) is 38.5. The maximum Gasteiger partial charge on any atom is 0.364 e. The third kappa shape index (κ3) is 24.9. The topological polar surface area (TPSA) is 901 Å². The maximum absolute atomic E-state index is 13.5. The smallest absolute Gasteiger partial charge is 0.364 e. The second kappa shape index (κ2) is 45.5. The van der Waals surface area contributed by atoms with Crippen molar-refractivity contribution in [1.29, 1.82) is 0 Å². The largest absolute Gasteiger partial charge is 0.477 e. The van der Waals surface area contributed by atoms with Crippen LogP contribution in [-0.4, -0.2) is 506 Å². The molecule has 7 rings (SSSR count). The van der Waals surface area contributed by atoms with Crippen LogP contribution < -0.4 is 31.9 Å². The third-order valence-corrected chi connectivity index (χ3v) is 21.6. The number of amides is 6. The van der Waals surface area contributed by atoms with Crippen molar-refractivity contribution in [3.8, 4) is 0 Å². The van der Waals surface area contributed by atoms with Gasteiger partial charge in [-0.3, -0.25) is 28.8 Å². The van der Waals surface area contributed by atoms with Gasteiger partial charge in [-0.2, -0.15) is 0 Å². The zero-order valence-electron chi connectivity index (χ0n) is 67.5. The number of nitrogens with one attached hydrogen (secondary N) is 6. The van der Waals surface area contributed by atoms with Crippen molar-refractivity contribution in [2.45, 2.75) is 317 Å². The predicted molar refractivity (Wildman–Crippen MR) is 388 cm³/mol. The SMILES string of the molecule is CC(=O)N[C@H]1[C@H](O[C@@H]([C@@H](O)[C@H](O)CO[C@]2(C(=O)O)C[C@H](O)[C@@H](NC(C)=O)[C@H]([C@H](O)[C@H](O)CO)O2)[C@H](CO)NC(C)=O)O[C@H](CO)[C@@H](O[C@@H]2O[C@H](CO[C@]3(C(=O)O)C[C@H](O)[C@@H](NC(C)=O)[C@H]([C@H](O)[C@H](O)CO)O3)[C@H](O)[C@H](O[C@@H]3O[C@H](CO)[C@@H](O)[C@H](O[C@@H]4O[C@H](CO[C@]5(C(=O)O)C[C@H](O)[C@@H](NC(C)=O)[C@H]([C@H](O)[C@H](O)CO)O5)[C@H](O)[C@H](O)[C@H]4O)[C@H]3NC(C)=O)[C@H]2O)[C@@H]1O. The monoisotopic (exact) mass is 1830 g/mol. The molecule has 7 heterocycles. The van der Waals surface area contributed by atoms with Gasteiger partial charge in [-0.15, -0.1) is 0 Å². The van der Waals surface area contributed by atoms with Gasteiger partial charge in [-0.25, -0.2) is 14.4 Å². The number of carbonyl (C=O) groups is 9. The van der Waals surface area contributed by atoms with Crippen LogP contribution >= 0.6 is 0 Å². The first kappa shape index (κ1) is 106. The molecule has 7 saturated heterocycles. The van der Waals surface area contributed by atoms with Gasteiger partial charge in [0.15, 0.2) is 25.2 Å². The Labute approximate surface area is 706 Å². The van der Waals surface area contributed by atoms with E-state index in [1.807, 2.05) is 0 Å². The average Bonchev–Trinajstić information content (AvgIpc) is 0.767. The van der Waals surface area contributed by atoms with Crippen LogP contribution in [0.3, 0.4) is 0 Å². The molecule has 720 valence electrons. The van der Waals surface area contributed by atoms with Crippen LogP contribution in [-0.2, 0) is 109 Å². The number of aliphatic carboxylic acids is 3. The molecule has 0 unspecified atom stereocenters. The van der Waals surface area contributed by atoms with Gasteiger partial charge in [0.1, 0.15) is 171 Å². The highest BCUT2D eigenvalue weighted by Gasteiger charge is 2.63. The molecule has 7 aliphatic heterocycles. The number of carboxylic acid groups (broad SMARTS) is 3. The summed E-state index contributed by atoms with van der Waals surface area (Å²) in [6.07, 6.45) is -80.7. The van der Waals surface area contributed by atoms with Gasteiger partial charge in [0.25, 0.3) is 17.4 Å². The van der Waals surface area contributed by atoms with Crippen LogP contribution in [0.5, 0.6) is 0 Å². The summed E-state index contributed by atoms with van der Waals surface area (Å²) >= 11 is 0. The summed E-state index contributed by atoms with van der Waals surface area (Å²) in [6, 6.07) is -11.6. The molecule has 125 heavy (non-hydrogen) atoms. The lowest BCUT2D eigenvalue weighted by atomic mass is 9.88. The number of ether oxygens (including phenoxy) is 14. The molecule has 0 bridgehead atoms. The lowest BCUT2D eigenvalue weighted by molar-refractivity contribution is -0.384. The van der Waals surface area contributed by atoms with E-state index in [0.29, 0.717) is 0 Å². The Morgan fingerprint density at radius 1 is 0.360 bits per heavy atom. The van der Waals surface area contributed by atoms with E-state index in [2.05, 4.69) is 31.9 Å². The van der Waals surface area contributed by atoms with Gasteiger partial charge in [0, 0.05) is 60.8 Å². The Bertz CT molecular complexity index is 3560. The number of carbonyl (C=O) groups excluding carboxylic acids is 6. The van der Waals surface area contributed by atoms with E-state index < -0.39 is 388 Å². The zero-order valence-corrected chi connectivity index (χ0v) is 67.5. The van der Waals surface area contributed by atoms with Crippen LogP contribution in [0.1, 0.15) is 60.8 Å². The van der Waals surface area contributed by atoms with Crippen molar-refractivity contribution < 1.29 is 247 Å². The van der Waals surface area contributed by atoms with Crippen molar-refractivity contribution in [3.63, 3.8) is 0 Å². The molecule has 0 aromatic heterocycles. The number of hydrogen-bond acceptors (Lipinski definition) is 47. The highest BCUT2D eigenvalue weighted by Crippen LogP contribution is 2.42. The van der Waals surface area contributed by atoms with Crippen molar-refractivity contribution in [1.82, 2.24) is 31.9 Å². The van der Waals surface area contributed by atoms with Crippen LogP contribution in [0, 0.1) is 0 Å². The Hall–Kier alpha value is -6.29. The Morgan fingerprint density at radius 2 is 0.712 bits per heavy atom. The zero-order chi connectivity index (χ0) is 93.8. The molecular formula is C69H114N6O50. The molecule has 56 nitrogen and oxygen atoms in total. The first-order chi connectivity index (χ1) is 58.5. The number of aliphatic hydroxyl groups excluding tert-OH is 24. The van der Waals surface area contributed by atoms with Gasteiger partial charge in [-0.05, 0) is 0 Å². The van der Waals surface area contributed by atoms with E-state index in [0.717, 1.165) is 41.5 Å². The molecule has 7 fully saturated rings.